The first-order chi connectivity index (χ1) is 18.1. The number of β-lactam (4-membered cyclic amide) rings is 1. The van der Waals surface area contributed by atoms with Crippen LogP contribution in [-0.4, -0.2) is 113 Å². The van der Waals surface area contributed by atoms with E-state index >= 15 is 0 Å². The van der Waals surface area contributed by atoms with E-state index in [0.29, 0.717) is 37.2 Å². The lowest BCUT2D eigenvalue weighted by molar-refractivity contribution is -0.150. The molecule has 2 atom stereocenters. The van der Waals surface area contributed by atoms with E-state index in [1.165, 1.54) is 17.8 Å². The molecule has 0 radical (unpaired) electrons. The van der Waals surface area contributed by atoms with Gasteiger partial charge in [-0.3, -0.25) is 24.7 Å². The maximum atomic E-state index is 13.0. The van der Waals surface area contributed by atoms with E-state index in [1.807, 2.05) is 0 Å². The molecule has 16 nitrogen and oxygen atoms in total. The number of aliphatic carboxylic acids is 1. The van der Waals surface area contributed by atoms with Gasteiger partial charge in [-0.2, -0.15) is 9.36 Å². The molecular weight excluding hydrogens is 540 g/mol. The van der Waals surface area contributed by atoms with Gasteiger partial charge in [0, 0.05) is 42.5 Å². The number of guanidine groups is 1. The maximum absolute atomic E-state index is 13.0. The number of amides is 3. The van der Waals surface area contributed by atoms with E-state index in [0.717, 1.165) is 16.4 Å². The molecule has 0 spiro atoms. The highest BCUT2D eigenvalue weighted by molar-refractivity contribution is 8.00. The summed E-state index contributed by atoms with van der Waals surface area (Å²) in [5, 5.41) is 31.3. The van der Waals surface area contributed by atoms with Gasteiger partial charge >= 0.3 is 5.97 Å². The summed E-state index contributed by atoms with van der Waals surface area (Å²) >= 11 is 2.02. The third-order valence-corrected chi connectivity index (χ3v) is 8.45. The van der Waals surface area contributed by atoms with Crippen molar-refractivity contribution in [3.05, 3.63) is 28.7 Å². The molecular formula is C20H22N10O6S2. The van der Waals surface area contributed by atoms with Crippen LogP contribution in [0.3, 0.4) is 0 Å². The number of nitrogens with zero attached hydrogens (tertiary/aromatic N) is 6. The molecule has 4 aliphatic rings. The normalized spacial score (nSPS) is 24.9. The van der Waals surface area contributed by atoms with Crippen molar-refractivity contribution in [3.63, 3.8) is 0 Å². The van der Waals surface area contributed by atoms with E-state index in [1.54, 1.807) is 9.80 Å². The lowest BCUT2D eigenvalue weighted by Gasteiger charge is -2.49. The number of carboxylic acids is 1. The molecule has 38 heavy (non-hydrogen) atoms. The number of carbonyl (C=O) groups excluding carboxylic acids is 3. The van der Waals surface area contributed by atoms with Crippen LogP contribution in [0.15, 0.2) is 28.1 Å². The lowest BCUT2D eigenvalue weighted by Crippen LogP contribution is -2.71. The average Bonchev–Trinajstić information content (AvgIpc) is 3.42. The van der Waals surface area contributed by atoms with Gasteiger partial charge in [-0.25, -0.2) is 4.79 Å². The number of anilines is 1. The highest BCUT2D eigenvalue weighted by atomic mass is 32.2. The molecule has 8 N–H and O–H groups in total. The number of oxime groups is 1. The fourth-order valence-electron chi connectivity index (χ4n) is 4.66. The van der Waals surface area contributed by atoms with Crippen molar-refractivity contribution >= 4 is 63.8 Å². The minimum Gasteiger partial charge on any atom is -0.477 e. The average molecular weight is 563 g/mol. The summed E-state index contributed by atoms with van der Waals surface area (Å²) in [6.45, 7) is 1.41. The quantitative estimate of drug-likeness (QED) is 0.0539. The van der Waals surface area contributed by atoms with Gasteiger partial charge in [0.05, 0.1) is 6.04 Å². The molecule has 1 aromatic heterocycles. The monoisotopic (exact) mass is 562 g/mol. The molecule has 0 bridgehead atoms. The van der Waals surface area contributed by atoms with Gasteiger partial charge in [0.1, 0.15) is 17.1 Å². The molecule has 18 heteroatoms. The van der Waals surface area contributed by atoms with Crippen LogP contribution in [0.25, 0.3) is 0 Å². The maximum Gasteiger partial charge on any atom is 0.352 e. The van der Waals surface area contributed by atoms with Crippen LogP contribution in [0.5, 0.6) is 0 Å². The molecule has 0 unspecified atom stereocenters. The van der Waals surface area contributed by atoms with Crippen LogP contribution < -0.4 is 16.8 Å². The highest BCUT2D eigenvalue weighted by Gasteiger charge is 2.54. The molecule has 3 saturated heterocycles. The number of nitrogens with one attached hydrogen (secondary N) is 2. The first-order valence-corrected chi connectivity index (χ1v) is 13.1. The number of nitrogen functional groups attached to an aromatic ring is 1. The standard InChI is InChI=1S/C20H22N10O6S2/c21-19(22)28-4-9(5-28)29-2-1-7(15(29)32)3-8-6-37-17-11(16(33)30(17)12(8)18(34)35)24-14(31)10(26-36)13-25-20(23)38-27-13/h3,9,11,17,36H,1-2,4-6H2,(H3,21,22)(H,24,31)(H,34,35)(H2,23,25,27)/b7-3+,26-10-/t11-,17-/m1/s1. The number of likely N-dealkylation sites (tertiary alicyclic amines) is 2. The van der Waals surface area contributed by atoms with Crippen molar-refractivity contribution in [3.8, 4) is 0 Å². The van der Waals surface area contributed by atoms with Crippen molar-refractivity contribution in [2.75, 3.05) is 31.1 Å². The van der Waals surface area contributed by atoms with E-state index in [9.17, 15) is 29.5 Å². The number of hydrogen-bond donors (Lipinski definition) is 6. The predicted octanol–water partition coefficient (Wildman–Crippen LogP) is -2.23. The van der Waals surface area contributed by atoms with Crippen molar-refractivity contribution in [2.45, 2.75) is 23.9 Å². The van der Waals surface area contributed by atoms with Crippen LogP contribution in [-0.2, 0) is 19.2 Å². The van der Waals surface area contributed by atoms with Gasteiger partial charge in [-0.05, 0) is 18.1 Å². The summed E-state index contributed by atoms with van der Waals surface area (Å²) < 4.78 is 3.81. The van der Waals surface area contributed by atoms with Crippen LogP contribution in [0.2, 0.25) is 0 Å². The summed E-state index contributed by atoms with van der Waals surface area (Å²) in [6.07, 6.45) is 1.95. The highest BCUT2D eigenvalue weighted by Crippen LogP contribution is 2.41. The first kappa shape index (κ1) is 25.5. The number of carbonyl (C=O) groups is 4. The topological polar surface area (TPSA) is 245 Å². The first-order valence-electron chi connectivity index (χ1n) is 11.2. The number of thioether (sulfide) groups is 1. The second-order valence-electron chi connectivity index (χ2n) is 8.81. The number of nitrogens with two attached hydrogens (primary N) is 2. The second-order valence-corrected chi connectivity index (χ2v) is 10.7. The molecule has 4 aliphatic heterocycles. The van der Waals surface area contributed by atoms with Gasteiger partial charge in [0.2, 0.25) is 17.4 Å². The molecule has 200 valence electrons. The molecule has 5 heterocycles. The third kappa shape index (κ3) is 4.20. The number of fused-ring (bicyclic) bond motifs is 1. The smallest absolute Gasteiger partial charge is 0.352 e. The number of allylic oxidation sites excluding steroid dienone is 1. The summed E-state index contributed by atoms with van der Waals surface area (Å²) in [5.41, 5.74) is 10.9. The zero-order valence-electron chi connectivity index (χ0n) is 19.5. The largest absolute Gasteiger partial charge is 0.477 e. The Hall–Kier alpha value is -4.19. The van der Waals surface area contributed by atoms with Gasteiger partial charge in [-0.1, -0.05) is 5.16 Å². The van der Waals surface area contributed by atoms with E-state index in [-0.39, 0.29) is 40.3 Å². The van der Waals surface area contributed by atoms with E-state index < -0.39 is 34.9 Å². The van der Waals surface area contributed by atoms with E-state index in [4.69, 9.17) is 16.9 Å². The summed E-state index contributed by atoms with van der Waals surface area (Å²) in [4.78, 5) is 58.9. The molecule has 0 saturated carbocycles. The Morgan fingerprint density at radius 1 is 1.29 bits per heavy atom. The fourth-order valence-corrected chi connectivity index (χ4v) is 6.40. The predicted molar refractivity (Wildman–Crippen MR) is 134 cm³/mol. The number of rotatable bonds is 6. The number of hydrogen-bond acceptors (Lipinski definition) is 12. The Balaban J connectivity index is 1.30. The Morgan fingerprint density at radius 3 is 2.63 bits per heavy atom. The zero-order valence-corrected chi connectivity index (χ0v) is 21.2. The molecule has 5 rings (SSSR count). The van der Waals surface area contributed by atoms with E-state index in [2.05, 4.69) is 19.8 Å². The van der Waals surface area contributed by atoms with Crippen molar-refractivity contribution in [1.29, 1.82) is 5.41 Å². The molecule has 3 fully saturated rings. The third-order valence-electron chi connectivity index (χ3n) is 6.61. The van der Waals surface area contributed by atoms with Crippen molar-refractivity contribution in [2.24, 2.45) is 10.9 Å². The fraction of sp³-hybridized carbons (Fsp3) is 0.400. The van der Waals surface area contributed by atoms with Gasteiger partial charge in [-0.15, -0.1) is 11.8 Å². The molecule has 0 aromatic carbocycles. The van der Waals surface area contributed by atoms with Crippen LogP contribution in [0.1, 0.15) is 12.2 Å². The Bertz CT molecular complexity index is 1350. The second kappa shape index (κ2) is 9.60. The summed E-state index contributed by atoms with van der Waals surface area (Å²) in [5.74, 6) is -3.20. The molecule has 0 aliphatic carbocycles. The minimum atomic E-state index is -1.33. The summed E-state index contributed by atoms with van der Waals surface area (Å²) in [7, 11) is 0. The Kier molecular flexibility index (Phi) is 6.43. The van der Waals surface area contributed by atoms with Crippen LogP contribution >= 0.6 is 23.3 Å². The molecule has 3 amide bonds. The number of aromatic nitrogens is 2. The lowest BCUT2D eigenvalue weighted by atomic mass is 10.0. The number of carboxylic acid groups (broad SMARTS) is 1. The SMILES string of the molecule is N=C(N)N1CC(N2CC/C(=C\C3=C(C(=O)O)N4C(=O)[C@@H](NC(=O)/C(=N\O)c5nsc(N)n5)[C@H]4SC3)C2=O)C1. The summed E-state index contributed by atoms with van der Waals surface area (Å²) in [6, 6.07) is -1.14. The zero-order chi connectivity index (χ0) is 27.3. The Morgan fingerprint density at radius 2 is 2.03 bits per heavy atom. The van der Waals surface area contributed by atoms with Gasteiger partial charge in [0.25, 0.3) is 11.8 Å². The minimum absolute atomic E-state index is 0.0493. The van der Waals surface area contributed by atoms with Crippen LogP contribution in [0, 0.1) is 5.41 Å². The van der Waals surface area contributed by atoms with Crippen LogP contribution in [0.4, 0.5) is 5.13 Å². The van der Waals surface area contributed by atoms with Crippen molar-refractivity contribution < 1.29 is 29.5 Å². The van der Waals surface area contributed by atoms with Crippen molar-refractivity contribution in [1.82, 2.24) is 29.4 Å². The molecule has 1 aromatic rings. The Labute approximate surface area is 222 Å². The van der Waals surface area contributed by atoms with Gasteiger partial charge in [0.15, 0.2) is 11.1 Å². The van der Waals surface area contributed by atoms with Gasteiger partial charge < -0.3 is 36.9 Å².